The molecule has 0 aliphatic heterocycles. The van der Waals surface area contributed by atoms with E-state index in [1.54, 1.807) is 18.3 Å². The van der Waals surface area contributed by atoms with Crippen LogP contribution in [0.3, 0.4) is 0 Å². The third-order valence-corrected chi connectivity index (χ3v) is 4.78. The summed E-state index contributed by atoms with van der Waals surface area (Å²) in [6.07, 6.45) is 2.34. The van der Waals surface area contributed by atoms with Gasteiger partial charge in [0.25, 0.3) is 0 Å². The number of anilines is 1. The first-order valence-corrected chi connectivity index (χ1v) is 9.12. The molecule has 0 aliphatic rings. The maximum Gasteiger partial charge on any atom is 0.198 e. The van der Waals surface area contributed by atoms with Crippen molar-refractivity contribution in [3.05, 3.63) is 77.4 Å². The molecule has 4 aromatic rings. The number of nitrogen functional groups attached to an aromatic ring is 1. The molecule has 0 bridgehead atoms. The van der Waals surface area contributed by atoms with Gasteiger partial charge < -0.3 is 25.7 Å². The molecule has 146 valence electrons. The van der Waals surface area contributed by atoms with Gasteiger partial charge >= 0.3 is 0 Å². The van der Waals surface area contributed by atoms with Crippen LogP contribution < -0.4 is 10.5 Å². The first-order chi connectivity index (χ1) is 14.0. The number of nitrogens with two attached hydrogens (primary N) is 1. The van der Waals surface area contributed by atoms with Crippen molar-refractivity contribution in [2.45, 2.75) is 6.42 Å². The number of hydrogen-bond donors (Lipinski definition) is 4. The maximum atomic E-state index is 10.3. The molecule has 0 amide bonds. The molecule has 5 N–H and O–H groups in total. The number of hydrogen-bond acceptors (Lipinski definition) is 5. The molecule has 0 unspecified atom stereocenters. The zero-order chi connectivity index (χ0) is 20.4. The normalized spacial score (nSPS) is 11.3. The van der Waals surface area contributed by atoms with E-state index in [0.29, 0.717) is 17.0 Å². The average Bonchev–Trinajstić information content (AvgIpc) is 3.03. The fourth-order valence-corrected chi connectivity index (χ4v) is 3.26. The van der Waals surface area contributed by atoms with Gasteiger partial charge in [-0.1, -0.05) is 18.2 Å². The highest BCUT2D eigenvalue weighted by molar-refractivity contribution is 6.02. The predicted molar refractivity (Wildman–Crippen MR) is 116 cm³/mol. The Hall–Kier alpha value is -3.93. The van der Waals surface area contributed by atoms with Crippen molar-refractivity contribution in [1.82, 2.24) is 4.98 Å². The summed E-state index contributed by atoms with van der Waals surface area (Å²) in [5.74, 6) is 0.438. The van der Waals surface area contributed by atoms with E-state index in [4.69, 9.17) is 10.5 Å². The zero-order valence-corrected chi connectivity index (χ0v) is 15.9. The van der Waals surface area contributed by atoms with Gasteiger partial charge in [-0.3, -0.25) is 4.99 Å². The average molecular weight is 387 g/mol. The van der Waals surface area contributed by atoms with E-state index in [9.17, 15) is 10.2 Å². The van der Waals surface area contributed by atoms with Crippen molar-refractivity contribution in [2.75, 3.05) is 12.8 Å². The Bertz CT molecular complexity index is 1190. The van der Waals surface area contributed by atoms with Gasteiger partial charge in [0.1, 0.15) is 0 Å². The molecule has 1 aromatic heterocycles. The number of H-pyrrole nitrogens is 1. The Morgan fingerprint density at radius 3 is 2.48 bits per heavy atom. The fourth-order valence-electron chi connectivity index (χ4n) is 3.26. The van der Waals surface area contributed by atoms with Crippen molar-refractivity contribution in [3.8, 4) is 17.4 Å². The second-order valence-corrected chi connectivity index (χ2v) is 6.80. The molecule has 0 saturated carbocycles. The van der Waals surface area contributed by atoms with Gasteiger partial charge in [-0.05, 0) is 53.9 Å². The lowest BCUT2D eigenvalue weighted by molar-refractivity contribution is 0.373. The van der Waals surface area contributed by atoms with Crippen LogP contribution in [-0.4, -0.2) is 28.5 Å². The number of phenols is 1. The third kappa shape index (κ3) is 3.87. The maximum absolute atomic E-state index is 10.3. The molecule has 6 heteroatoms. The van der Waals surface area contributed by atoms with Crippen molar-refractivity contribution >= 4 is 28.5 Å². The summed E-state index contributed by atoms with van der Waals surface area (Å²) in [5, 5.41) is 21.1. The van der Waals surface area contributed by atoms with Crippen LogP contribution in [0.4, 0.5) is 11.4 Å². The number of aromatic amines is 1. The summed E-state index contributed by atoms with van der Waals surface area (Å²) in [6, 6.07) is 18.7. The van der Waals surface area contributed by atoms with Crippen LogP contribution in [0.1, 0.15) is 16.7 Å². The summed E-state index contributed by atoms with van der Waals surface area (Å²) < 4.78 is 5.04. The SMILES string of the molecule is COc1ccc(N=Cc2c(O)[nH]c3ccc(Cc4ccc(N)cc4)cc23)cc1O. The third-order valence-electron chi connectivity index (χ3n) is 4.78. The van der Waals surface area contributed by atoms with Crippen molar-refractivity contribution < 1.29 is 14.9 Å². The standard InChI is InChI=1S/C23H21N3O3/c1-29-22-9-7-17(12-21(22)27)25-13-19-18-11-15(4-8-20(18)26-23(19)28)10-14-2-5-16(24)6-3-14/h2-9,11-13,26-28H,10,24H2,1H3. The van der Waals surface area contributed by atoms with E-state index in [0.717, 1.165) is 34.1 Å². The number of fused-ring (bicyclic) bond motifs is 1. The minimum atomic E-state index is 0.0103. The molecule has 0 fully saturated rings. The Morgan fingerprint density at radius 1 is 1.00 bits per heavy atom. The first-order valence-electron chi connectivity index (χ1n) is 9.12. The molecule has 0 aliphatic carbocycles. The van der Waals surface area contributed by atoms with E-state index >= 15 is 0 Å². The van der Waals surface area contributed by atoms with Gasteiger partial charge in [-0.15, -0.1) is 0 Å². The molecule has 1 heterocycles. The molecule has 3 aromatic carbocycles. The summed E-state index contributed by atoms with van der Waals surface area (Å²) >= 11 is 0. The minimum Gasteiger partial charge on any atom is -0.504 e. The Kier molecular flexibility index (Phi) is 4.83. The van der Waals surface area contributed by atoms with E-state index < -0.39 is 0 Å². The number of nitrogens with one attached hydrogen (secondary N) is 1. The summed E-state index contributed by atoms with van der Waals surface area (Å²) in [7, 11) is 1.49. The second-order valence-electron chi connectivity index (χ2n) is 6.80. The lowest BCUT2D eigenvalue weighted by atomic mass is 10.0. The van der Waals surface area contributed by atoms with Crippen molar-refractivity contribution in [2.24, 2.45) is 4.99 Å². The molecular formula is C23H21N3O3. The number of nitrogens with zero attached hydrogens (tertiary/aromatic N) is 1. The van der Waals surface area contributed by atoms with Gasteiger partial charge in [-0.25, -0.2) is 0 Å². The predicted octanol–water partition coefficient (Wildman–Crippen LogP) is 4.51. The van der Waals surface area contributed by atoms with Gasteiger partial charge in [-0.2, -0.15) is 0 Å². The van der Waals surface area contributed by atoms with Gasteiger partial charge in [0.15, 0.2) is 17.4 Å². The number of rotatable bonds is 5. The highest BCUT2D eigenvalue weighted by Gasteiger charge is 2.10. The number of aromatic nitrogens is 1. The molecule has 0 atom stereocenters. The topological polar surface area (TPSA) is 104 Å². The number of benzene rings is 3. The number of ether oxygens (including phenoxy) is 1. The molecule has 6 nitrogen and oxygen atoms in total. The van der Waals surface area contributed by atoms with Crippen LogP contribution in [0.15, 0.2) is 65.7 Å². The molecule has 29 heavy (non-hydrogen) atoms. The van der Waals surface area contributed by atoms with Crippen molar-refractivity contribution in [1.29, 1.82) is 0 Å². The largest absolute Gasteiger partial charge is 0.504 e. The lowest BCUT2D eigenvalue weighted by Crippen LogP contribution is -1.90. The second kappa shape index (κ2) is 7.59. The number of phenolic OH excluding ortho intramolecular Hbond substituents is 1. The van der Waals surface area contributed by atoms with E-state index in [2.05, 4.69) is 9.98 Å². The Balaban J connectivity index is 1.65. The molecule has 4 rings (SSSR count). The number of aromatic hydroxyl groups is 2. The van der Waals surface area contributed by atoms with Gasteiger partial charge in [0, 0.05) is 28.9 Å². The van der Waals surface area contributed by atoms with Crippen LogP contribution in [0.2, 0.25) is 0 Å². The molecular weight excluding hydrogens is 366 g/mol. The van der Waals surface area contributed by atoms with Gasteiger partial charge in [0.05, 0.1) is 18.4 Å². The quantitative estimate of drug-likeness (QED) is 0.299. The highest BCUT2D eigenvalue weighted by atomic mass is 16.5. The Morgan fingerprint density at radius 2 is 1.76 bits per heavy atom. The van der Waals surface area contributed by atoms with E-state index in [1.807, 2.05) is 42.5 Å². The lowest BCUT2D eigenvalue weighted by Gasteiger charge is -2.04. The monoisotopic (exact) mass is 387 g/mol. The van der Waals surface area contributed by atoms with Crippen LogP contribution in [-0.2, 0) is 6.42 Å². The van der Waals surface area contributed by atoms with Crippen LogP contribution in [0.5, 0.6) is 17.4 Å². The van der Waals surface area contributed by atoms with Crippen LogP contribution in [0, 0.1) is 0 Å². The number of methoxy groups -OCH3 is 1. The first kappa shape index (κ1) is 18.4. The summed E-state index contributed by atoms with van der Waals surface area (Å²) in [4.78, 5) is 7.35. The zero-order valence-electron chi connectivity index (χ0n) is 15.9. The fraction of sp³-hybridized carbons (Fsp3) is 0.0870. The van der Waals surface area contributed by atoms with Crippen LogP contribution in [0.25, 0.3) is 10.9 Å². The Labute approximate surface area is 167 Å². The molecule has 0 spiro atoms. The summed E-state index contributed by atoms with van der Waals surface area (Å²) in [5.41, 5.74) is 10.7. The molecule has 0 saturated heterocycles. The molecule has 0 radical (unpaired) electrons. The minimum absolute atomic E-state index is 0.0103. The van der Waals surface area contributed by atoms with Gasteiger partial charge in [0.2, 0.25) is 0 Å². The van der Waals surface area contributed by atoms with E-state index in [-0.39, 0.29) is 11.6 Å². The van der Waals surface area contributed by atoms with Crippen molar-refractivity contribution in [3.63, 3.8) is 0 Å². The summed E-state index contributed by atoms with van der Waals surface area (Å²) in [6.45, 7) is 0. The number of aliphatic imine (C=N–C) groups is 1. The smallest absolute Gasteiger partial charge is 0.198 e. The van der Waals surface area contributed by atoms with E-state index in [1.165, 1.54) is 13.2 Å². The highest BCUT2D eigenvalue weighted by Crippen LogP contribution is 2.31. The van der Waals surface area contributed by atoms with Crippen LogP contribution >= 0.6 is 0 Å².